The van der Waals surface area contributed by atoms with Crippen molar-refractivity contribution in [3.05, 3.63) is 46.6 Å². The third kappa shape index (κ3) is 3.05. The Bertz CT molecular complexity index is 680. The number of benzene rings is 1. The fourth-order valence-electron chi connectivity index (χ4n) is 2.75. The molecular formula is C17H19FN2OS. The van der Waals surface area contributed by atoms with Crippen LogP contribution in [0.1, 0.15) is 22.2 Å². The highest BCUT2D eigenvalue weighted by atomic mass is 32.1. The molecule has 1 unspecified atom stereocenters. The summed E-state index contributed by atoms with van der Waals surface area (Å²) in [5.41, 5.74) is 2.01. The number of aryl methyl sites for hydroxylation is 1. The Morgan fingerprint density at radius 1 is 1.36 bits per heavy atom. The maximum atomic E-state index is 13.1. The number of nitrogens with one attached hydrogen (secondary N) is 1. The van der Waals surface area contributed by atoms with Gasteiger partial charge in [-0.05, 0) is 43.2 Å². The number of hydrogen-bond donors (Lipinski definition) is 1. The molecule has 1 aliphatic heterocycles. The van der Waals surface area contributed by atoms with Crippen molar-refractivity contribution < 1.29 is 9.18 Å². The van der Waals surface area contributed by atoms with Crippen LogP contribution in [-0.4, -0.2) is 36.5 Å². The third-order valence-electron chi connectivity index (χ3n) is 3.89. The van der Waals surface area contributed by atoms with Crippen LogP contribution in [0.4, 0.5) is 4.39 Å². The Labute approximate surface area is 133 Å². The van der Waals surface area contributed by atoms with Gasteiger partial charge in [0.1, 0.15) is 5.82 Å². The molecule has 0 saturated carbocycles. The fraction of sp³-hybridized carbons (Fsp3) is 0.353. The second kappa shape index (κ2) is 6.18. The van der Waals surface area contributed by atoms with Gasteiger partial charge < -0.3 is 10.2 Å². The van der Waals surface area contributed by atoms with Gasteiger partial charge in [0.2, 0.25) is 0 Å². The average Bonchev–Trinajstić information content (AvgIpc) is 2.89. The van der Waals surface area contributed by atoms with Crippen molar-refractivity contribution in [3.8, 4) is 10.4 Å². The van der Waals surface area contributed by atoms with Gasteiger partial charge in [-0.1, -0.05) is 12.1 Å². The number of amides is 1. The zero-order valence-corrected chi connectivity index (χ0v) is 13.5. The first-order chi connectivity index (χ1) is 10.5. The van der Waals surface area contributed by atoms with E-state index in [9.17, 15) is 9.18 Å². The van der Waals surface area contributed by atoms with E-state index in [1.165, 1.54) is 23.5 Å². The summed E-state index contributed by atoms with van der Waals surface area (Å²) in [6.45, 7) is 6.39. The Hall–Kier alpha value is -1.72. The zero-order chi connectivity index (χ0) is 15.7. The number of thiophene rings is 1. The van der Waals surface area contributed by atoms with Gasteiger partial charge in [-0.25, -0.2) is 4.39 Å². The lowest BCUT2D eigenvalue weighted by Gasteiger charge is -2.31. The molecule has 0 aliphatic carbocycles. The van der Waals surface area contributed by atoms with Crippen molar-refractivity contribution >= 4 is 17.2 Å². The summed E-state index contributed by atoms with van der Waals surface area (Å²) < 4.78 is 13.1. The van der Waals surface area contributed by atoms with E-state index in [0.717, 1.165) is 40.5 Å². The summed E-state index contributed by atoms with van der Waals surface area (Å²) in [6, 6.07) is 8.70. The van der Waals surface area contributed by atoms with Gasteiger partial charge in [0.25, 0.3) is 5.91 Å². The number of piperazine rings is 1. The van der Waals surface area contributed by atoms with Gasteiger partial charge in [-0.15, -0.1) is 11.3 Å². The van der Waals surface area contributed by atoms with Crippen LogP contribution in [0, 0.1) is 12.7 Å². The van der Waals surface area contributed by atoms with E-state index in [4.69, 9.17) is 0 Å². The maximum absolute atomic E-state index is 13.1. The van der Waals surface area contributed by atoms with Gasteiger partial charge >= 0.3 is 0 Å². The zero-order valence-electron chi connectivity index (χ0n) is 12.7. The van der Waals surface area contributed by atoms with Crippen LogP contribution in [0.5, 0.6) is 0 Å². The first-order valence-corrected chi connectivity index (χ1v) is 8.25. The summed E-state index contributed by atoms with van der Waals surface area (Å²) in [5.74, 6) is -0.154. The van der Waals surface area contributed by atoms with Crippen molar-refractivity contribution in [2.24, 2.45) is 0 Å². The molecule has 3 nitrogen and oxygen atoms in total. The lowest BCUT2D eigenvalue weighted by atomic mass is 10.1. The largest absolute Gasteiger partial charge is 0.335 e. The van der Waals surface area contributed by atoms with E-state index in [-0.39, 0.29) is 11.7 Å². The normalized spacial score (nSPS) is 18.5. The molecule has 0 radical (unpaired) electrons. The summed E-state index contributed by atoms with van der Waals surface area (Å²) in [5, 5.41) is 3.34. The summed E-state index contributed by atoms with van der Waals surface area (Å²) in [4.78, 5) is 16.3. The monoisotopic (exact) mass is 318 g/mol. The van der Waals surface area contributed by atoms with E-state index < -0.39 is 0 Å². The minimum Gasteiger partial charge on any atom is -0.335 e. The van der Waals surface area contributed by atoms with E-state index in [1.807, 2.05) is 17.9 Å². The molecule has 1 aliphatic rings. The molecule has 1 amide bonds. The van der Waals surface area contributed by atoms with Crippen molar-refractivity contribution in [2.45, 2.75) is 19.9 Å². The van der Waals surface area contributed by atoms with Crippen LogP contribution in [-0.2, 0) is 0 Å². The van der Waals surface area contributed by atoms with Crippen LogP contribution in [0.25, 0.3) is 10.4 Å². The minimum atomic E-state index is -0.246. The van der Waals surface area contributed by atoms with Gasteiger partial charge in [-0.2, -0.15) is 0 Å². The van der Waals surface area contributed by atoms with E-state index in [1.54, 1.807) is 12.1 Å². The van der Waals surface area contributed by atoms with Crippen molar-refractivity contribution in [1.29, 1.82) is 0 Å². The molecule has 5 heteroatoms. The van der Waals surface area contributed by atoms with E-state index in [0.29, 0.717) is 6.04 Å². The Morgan fingerprint density at radius 3 is 2.77 bits per heavy atom. The summed E-state index contributed by atoms with van der Waals surface area (Å²) in [6.07, 6.45) is 0. The van der Waals surface area contributed by atoms with E-state index >= 15 is 0 Å². The lowest BCUT2D eigenvalue weighted by molar-refractivity contribution is 0.0714. The Kier molecular flexibility index (Phi) is 4.27. The molecule has 1 saturated heterocycles. The summed E-state index contributed by atoms with van der Waals surface area (Å²) in [7, 11) is 0. The lowest BCUT2D eigenvalue weighted by Crippen LogP contribution is -2.51. The first-order valence-electron chi connectivity index (χ1n) is 7.43. The Morgan fingerprint density at radius 2 is 2.09 bits per heavy atom. The minimum absolute atomic E-state index is 0.0924. The Balaban J connectivity index is 1.85. The second-order valence-electron chi connectivity index (χ2n) is 5.74. The molecular weight excluding hydrogens is 299 g/mol. The number of nitrogens with zero attached hydrogens (tertiary/aromatic N) is 1. The first kappa shape index (κ1) is 15.2. The van der Waals surface area contributed by atoms with Gasteiger partial charge in [-0.3, -0.25) is 4.79 Å². The highest BCUT2D eigenvalue weighted by Crippen LogP contribution is 2.33. The SMILES string of the molecule is Cc1cc(C(=O)N2CCNC(C)C2)sc1-c1ccc(F)cc1. The molecule has 0 bridgehead atoms. The van der Waals surface area contributed by atoms with Crippen molar-refractivity contribution in [1.82, 2.24) is 10.2 Å². The molecule has 2 aromatic rings. The van der Waals surface area contributed by atoms with Gasteiger partial charge in [0.05, 0.1) is 4.88 Å². The quantitative estimate of drug-likeness (QED) is 0.921. The smallest absolute Gasteiger partial charge is 0.264 e. The molecule has 22 heavy (non-hydrogen) atoms. The average molecular weight is 318 g/mol. The van der Waals surface area contributed by atoms with E-state index in [2.05, 4.69) is 12.2 Å². The molecule has 1 fully saturated rings. The topological polar surface area (TPSA) is 32.3 Å². The van der Waals surface area contributed by atoms with Crippen molar-refractivity contribution in [3.63, 3.8) is 0 Å². The van der Waals surface area contributed by atoms with Crippen LogP contribution < -0.4 is 5.32 Å². The predicted molar refractivity (Wildman–Crippen MR) is 87.8 cm³/mol. The molecule has 116 valence electrons. The standard InChI is InChI=1S/C17H19FN2OS/c1-11-9-15(17(21)20-8-7-19-12(2)10-20)22-16(11)13-3-5-14(18)6-4-13/h3-6,9,12,19H,7-8,10H2,1-2H3. The molecule has 1 atom stereocenters. The molecule has 1 aromatic carbocycles. The number of halogens is 1. The van der Waals surface area contributed by atoms with Crippen LogP contribution in [0.15, 0.2) is 30.3 Å². The van der Waals surface area contributed by atoms with Gasteiger partial charge in [0.15, 0.2) is 0 Å². The highest BCUT2D eigenvalue weighted by Gasteiger charge is 2.23. The van der Waals surface area contributed by atoms with Crippen LogP contribution >= 0.6 is 11.3 Å². The van der Waals surface area contributed by atoms with Crippen LogP contribution in [0.2, 0.25) is 0 Å². The molecule has 2 heterocycles. The molecule has 1 aromatic heterocycles. The molecule has 3 rings (SSSR count). The number of carbonyl (C=O) groups excluding carboxylic acids is 1. The van der Waals surface area contributed by atoms with Gasteiger partial charge in [0, 0.05) is 30.6 Å². The predicted octanol–water partition coefficient (Wildman–Crippen LogP) is 3.30. The number of rotatable bonds is 2. The van der Waals surface area contributed by atoms with Crippen molar-refractivity contribution in [2.75, 3.05) is 19.6 Å². The second-order valence-corrected chi connectivity index (χ2v) is 6.79. The fourth-order valence-corrected chi connectivity index (χ4v) is 3.89. The molecule has 0 spiro atoms. The maximum Gasteiger partial charge on any atom is 0.264 e. The summed E-state index contributed by atoms with van der Waals surface area (Å²) >= 11 is 1.49. The third-order valence-corrected chi connectivity index (χ3v) is 5.17. The highest BCUT2D eigenvalue weighted by molar-refractivity contribution is 7.17. The number of hydrogen-bond acceptors (Lipinski definition) is 3. The number of carbonyl (C=O) groups is 1. The van der Waals surface area contributed by atoms with Crippen LogP contribution in [0.3, 0.4) is 0 Å². The molecule has 1 N–H and O–H groups in total.